The number of ether oxygens (including phenoxy) is 1. The average Bonchev–Trinajstić information content (AvgIpc) is 2.12. The maximum atomic E-state index is 6.11. The molecule has 0 radical (unpaired) electrons. The van der Waals surface area contributed by atoms with Crippen LogP contribution in [0.3, 0.4) is 0 Å². The Bertz CT molecular complexity index is 352. The van der Waals surface area contributed by atoms with Gasteiger partial charge in [0.25, 0.3) is 0 Å². The minimum Gasteiger partial charge on any atom is -0.496 e. The second kappa shape index (κ2) is 4.43. The summed E-state index contributed by atoms with van der Waals surface area (Å²) in [5.74, 6) is 0.742. The minimum absolute atomic E-state index is 0.372. The topological polar surface area (TPSA) is 35.2 Å². The van der Waals surface area contributed by atoms with Crippen LogP contribution in [0, 0.1) is 13.8 Å². The van der Waals surface area contributed by atoms with Gasteiger partial charge in [0.15, 0.2) is 0 Å². The Hall–Kier alpha value is -0.380. The summed E-state index contributed by atoms with van der Waals surface area (Å²) in [6.45, 7) is 3.86. The van der Waals surface area contributed by atoms with Crippen molar-refractivity contribution in [1.82, 2.24) is 0 Å². The van der Waals surface area contributed by atoms with Gasteiger partial charge in [0.05, 0.1) is 12.5 Å². The van der Waals surface area contributed by atoms with E-state index in [9.17, 15) is 0 Å². The fourth-order valence-electron chi connectivity index (χ4n) is 1.47. The highest BCUT2D eigenvalue weighted by molar-refractivity contribution is 7.80. The van der Waals surface area contributed by atoms with E-state index in [0.717, 1.165) is 27.5 Å². The molecule has 14 heavy (non-hydrogen) atoms. The molecule has 0 aromatic heterocycles. The number of hydrogen-bond acceptors (Lipinski definition) is 3. The molecule has 2 nitrogen and oxygen atoms in total. The van der Waals surface area contributed by atoms with Crippen molar-refractivity contribution in [3.8, 4) is 5.75 Å². The number of methoxy groups -OCH3 is 1. The third-order valence-corrected chi connectivity index (χ3v) is 3.05. The van der Waals surface area contributed by atoms with E-state index < -0.39 is 0 Å². The SMILES string of the molecule is COc1cc(C)c(Cl)c(C)c1C(N)S. The Morgan fingerprint density at radius 3 is 2.50 bits per heavy atom. The largest absolute Gasteiger partial charge is 0.496 e. The molecule has 0 aliphatic heterocycles. The van der Waals surface area contributed by atoms with Crippen LogP contribution in [0.25, 0.3) is 0 Å². The second-order valence-corrected chi connectivity index (χ2v) is 4.13. The monoisotopic (exact) mass is 231 g/mol. The number of benzene rings is 1. The molecule has 1 aromatic carbocycles. The van der Waals surface area contributed by atoms with E-state index >= 15 is 0 Å². The Morgan fingerprint density at radius 1 is 1.50 bits per heavy atom. The maximum absolute atomic E-state index is 6.11. The van der Waals surface area contributed by atoms with Gasteiger partial charge in [-0.1, -0.05) is 11.6 Å². The van der Waals surface area contributed by atoms with E-state index in [4.69, 9.17) is 22.1 Å². The van der Waals surface area contributed by atoms with E-state index in [0.29, 0.717) is 0 Å². The van der Waals surface area contributed by atoms with Gasteiger partial charge in [-0.3, -0.25) is 0 Å². The Balaban J connectivity index is 3.45. The van der Waals surface area contributed by atoms with Crippen molar-refractivity contribution in [2.75, 3.05) is 7.11 Å². The summed E-state index contributed by atoms with van der Waals surface area (Å²) < 4.78 is 5.24. The van der Waals surface area contributed by atoms with E-state index in [1.54, 1.807) is 7.11 Å². The van der Waals surface area contributed by atoms with E-state index in [-0.39, 0.29) is 5.37 Å². The van der Waals surface area contributed by atoms with Crippen molar-refractivity contribution in [2.24, 2.45) is 5.73 Å². The van der Waals surface area contributed by atoms with Crippen LogP contribution < -0.4 is 10.5 Å². The van der Waals surface area contributed by atoms with E-state index in [1.165, 1.54) is 0 Å². The highest BCUT2D eigenvalue weighted by Gasteiger charge is 2.15. The molecular formula is C10H14ClNOS. The van der Waals surface area contributed by atoms with Gasteiger partial charge in [-0.05, 0) is 31.0 Å². The summed E-state index contributed by atoms with van der Waals surface area (Å²) in [6, 6.07) is 1.88. The lowest BCUT2D eigenvalue weighted by Crippen LogP contribution is -2.07. The number of thiol groups is 1. The van der Waals surface area contributed by atoms with Crippen LogP contribution in [0.4, 0.5) is 0 Å². The summed E-state index contributed by atoms with van der Waals surface area (Å²) in [7, 11) is 1.61. The second-order valence-electron chi connectivity index (χ2n) is 3.19. The van der Waals surface area contributed by atoms with Gasteiger partial charge in [-0.25, -0.2) is 0 Å². The zero-order valence-electron chi connectivity index (χ0n) is 8.47. The Labute approximate surface area is 94.8 Å². The number of hydrogen-bond donors (Lipinski definition) is 2. The quantitative estimate of drug-likeness (QED) is 0.607. The molecule has 0 saturated heterocycles. The third kappa shape index (κ3) is 2.00. The number of nitrogens with two attached hydrogens (primary N) is 1. The summed E-state index contributed by atoms with van der Waals surface area (Å²) >= 11 is 10.3. The van der Waals surface area contributed by atoms with Gasteiger partial charge in [0.1, 0.15) is 5.75 Å². The molecule has 1 atom stereocenters. The first-order chi connectivity index (χ1) is 6.49. The zero-order chi connectivity index (χ0) is 10.9. The van der Waals surface area contributed by atoms with Gasteiger partial charge >= 0.3 is 0 Å². The van der Waals surface area contributed by atoms with Crippen molar-refractivity contribution in [3.63, 3.8) is 0 Å². The molecule has 1 rings (SSSR count). The third-order valence-electron chi connectivity index (χ3n) is 2.21. The van der Waals surface area contributed by atoms with Crippen molar-refractivity contribution in [1.29, 1.82) is 0 Å². The summed E-state index contributed by atoms with van der Waals surface area (Å²) in [5.41, 5.74) is 8.51. The summed E-state index contributed by atoms with van der Waals surface area (Å²) in [6.07, 6.45) is 0. The van der Waals surface area contributed by atoms with Crippen molar-refractivity contribution in [3.05, 3.63) is 27.8 Å². The van der Waals surface area contributed by atoms with Crippen LogP contribution in [0.1, 0.15) is 22.1 Å². The predicted octanol–water partition coefficient (Wildman–Crippen LogP) is 2.85. The molecule has 78 valence electrons. The van der Waals surface area contributed by atoms with Gasteiger partial charge in [-0.2, -0.15) is 12.6 Å². The normalized spacial score (nSPS) is 12.7. The molecular weight excluding hydrogens is 218 g/mol. The van der Waals surface area contributed by atoms with Gasteiger partial charge in [-0.15, -0.1) is 0 Å². The molecule has 0 amide bonds. The van der Waals surface area contributed by atoms with Crippen molar-refractivity contribution >= 4 is 24.2 Å². The first-order valence-corrected chi connectivity index (χ1v) is 5.15. The number of aryl methyl sites for hydroxylation is 1. The smallest absolute Gasteiger partial charge is 0.125 e. The zero-order valence-corrected chi connectivity index (χ0v) is 10.1. The highest BCUT2D eigenvalue weighted by atomic mass is 35.5. The van der Waals surface area contributed by atoms with E-state index in [1.807, 2.05) is 19.9 Å². The molecule has 0 aliphatic carbocycles. The van der Waals surface area contributed by atoms with Crippen molar-refractivity contribution < 1.29 is 4.74 Å². The fraction of sp³-hybridized carbons (Fsp3) is 0.400. The number of rotatable bonds is 2. The van der Waals surface area contributed by atoms with Crippen LogP contribution in [-0.2, 0) is 0 Å². The van der Waals surface area contributed by atoms with Gasteiger partial charge < -0.3 is 10.5 Å². The summed E-state index contributed by atoms with van der Waals surface area (Å²) in [5, 5.41) is 0.355. The highest BCUT2D eigenvalue weighted by Crippen LogP contribution is 2.35. The van der Waals surface area contributed by atoms with Crippen LogP contribution in [0.15, 0.2) is 6.07 Å². The lowest BCUT2D eigenvalue weighted by Gasteiger charge is -2.17. The standard InChI is InChI=1S/C10H14ClNOS/c1-5-4-7(13-3)8(10(12)14)6(2)9(5)11/h4,10,14H,12H2,1-3H3. The molecule has 2 N–H and O–H groups in total. The molecule has 4 heteroatoms. The fourth-order valence-corrected chi connectivity index (χ4v) is 1.95. The first-order valence-electron chi connectivity index (χ1n) is 4.26. The molecule has 0 heterocycles. The maximum Gasteiger partial charge on any atom is 0.125 e. The molecule has 0 bridgehead atoms. The van der Waals surface area contributed by atoms with Gasteiger partial charge in [0, 0.05) is 10.6 Å². The predicted molar refractivity (Wildman–Crippen MR) is 63.4 cm³/mol. The van der Waals surface area contributed by atoms with Gasteiger partial charge in [0.2, 0.25) is 0 Å². The molecule has 0 spiro atoms. The van der Waals surface area contributed by atoms with Crippen LogP contribution >= 0.6 is 24.2 Å². The van der Waals surface area contributed by atoms with Crippen molar-refractivity contribution in [2.45, 2.75) is 19.2 Å². The van der Waals surface area contributed by atoms with Crippen LogP contribution in [0.5, 0.6) is 5.75 Å². The molecule has 0 aliphatic rings. The lowest BCUT2D eigenvalue weighted by atomic mass is 10.0. The minimum atomic E-state index is -0.372. The molecule has 1 aromatic rings. The summed E-state index contributed by atoms with van der Waals surface area (Å²) in [4.78, 5) is 0. The molecule has 0 saturated carbocycles. The molecule has 0 fully saturated rings. The van der Waals surface area contributed by atoms with Crippen LogP contribution in [-0.4, -0.2) is 7.11 Å². The average molecular weight is 232 g/mol. The molecule has 1 unspecified atom stereocenters. The lowest BCUT2D eigenvalue weighted by molar-refractivity contribution is 0.409. The van der Waals surface area contributed by atoms with E-state index in [2.05, 4.69) is 12.6 Å². The first kappa shape index (κ1) is 11.7. The Kier molecular flexibility index (Phi) is 3.70. The van der Waals surface area contributed by atoms with Crippen LogP contribution in [0.2, 0.25) is 5.02 Å². The Morgan fingerprint density at radius 2 is 2.07 bits per heavy atom. The number of halogens is 1.